The Morgan fingerprint density at radius 1 is 1.54 bits per heavy atom. The molecular formula is C7H9N3O3. The maximum absolute atomic E-state index is 11.1. The van der Waals surface area contributed by atoms with Crippen LogP contribution in [0.25, 0.3) is 0 Å². The molecule has 0 aliphatic heterocycles. The standard InChI is InChI=1S/C7H9N3O3/c1-12-5-4(6(11)13-2)3-9-7(8)10-5/h3H,1-2H3,(H2,8,9,10). The molecule has 2 N–H and O–H groups in total. The Bertz CT molecular complexity index is 327. The van der Waals surface area contributed by atoms with Gasteiger partial charge in [-0.15, -0.1) is 0 Å². The number of anilines is 1. The van der Waals surface area contributed by atoms with Crippen molar-refractivity contribution in [1.29, 1.82) is 0 Å². The van der Waals surface area contributed by atoms with Gasteiger partial charge < -0.3 is 15.2 Å². The van der Waals surface area contributed by atoms with Crippen molar-refractivity contribution in [2.75, 3.05) is 20.0 Å². The molecule has 1 aromatic rings. The molecule has 0 aliphatic carbocycles. The lowest BCUT2D eigenvalue weighted by Gasteiger charge is -2.04. The van der Waals surface area contributed by atoms with E-state index in [0.29, 0.717) is 0 Å². The zero-order chi connectivity index (χ0) is 9.84. The summed E-state index contributed by atoms with van der Waals surface area (Å²) in [6.45, 7) is 0. The smallest absolute Gasteiger partial charge is 0.344 e. The number of esters is 1. The van der Waals surface area contributed by atoms with Gasteiger partial charge >= 0.3 is 5.97 Å². The lowest BCUT2D eigenvalue weighted by molar-refractivity contribution is 0.0595. The molecule has 0 aromatic carbocycles. The lowest BCUT2D eigenvalue weighted by atomic mass is 10.3. The highest BCUT2D eigenvalue weighted by Gasteiger charge is 2.14. The third-order valence-electron chi connectivity index (χ3n) is 1.37. The molecule has 0 radical (unpaired) electrons. The summed E-state index contributed by atoms with van der Waals surface area (Å²) in [6.07, 6.45) is 1.26. The summed E-state index contributed by atoms with van der Waals surface area (Å²) in [5.41, 5.74) is 5.44. The van der Waals surface area contributed by atoms with Crippen LogP contribution in [0, 0.1) is 0 Å². The average molecular weight is 183 g/mol. The molecule has 13 heavy (non-hydrogen) atoms. The van der Waals surface area contributed by atoms with Crippen molar-refractivity contribution >= 4 is 11.9 Å². The zero-order valence-electron chi connectivity index (χ0n) is 7.27. The molecule has 0 saturated carbocycles. The van der Waals surface area contributed by atoms with Gasteiger partial charge in [0.25, 0.3) is 0 Å². The Kier molecular flexibility index (Phi) is 2.63. The fraction of sp³-hybridized carbons (Fsp3) is 0.286. The molecule has 0 amide bonds. The molecule has 0 atom stereocenters. The van der Waals surface area contributed by atoms with Crippen LogP contribution in [-0.2, 0) is 4.74 Å². The summed E-state index contributed by atoms with van der Waals surface area (Å²) in [5.74, 6) is -0.402. The quantitative estimate of drug-likeness (QED) is 0.642. The fourth-order valence-corrected chi connectivity index (χ4v) is 0.785. The number of carbonyl (C=O) groups is 1. The Balaban J connectivity index is 3.13. The third kappa shape index (κ3) is 1.84. The van der Waals surface area contributed by atoms with Crippen molar-refractivity contribution in [3.63, 3.8) is 0 Å². The van der Waals surface area contributed by atoms with E-state index in [4.69, 9.17) is 10.5 Å². The summed E-state index contributed by atoms with van der Waals surface area (Å²) in [4.78, 5) is 18.4. The van der Waals surface area contributed by atoms with E-state index in [0.717, 1.165) is 0 Å². The van der Waals surface area contributed by atoms with Crippen molar-refractivity contribution in [1.82, 2.24) is 9.97 Å². The minimum atomic E-state index is -0.558. The van der Waals surface area contributed by atoms with Crippen LogP contribution >= 0.6 is 0 Å². The van der Waals surface area contributed by atoms with Crippen LogP contribution < -0.4 is 10.5 Å². The number of nitrogens with two attached hydrogens (primary N) is 1. The van der Waals surface area contributed by atoms with Gasteiger partial charge in [0, 0.05) is 0 Å². The first kappa shape index (κ1) is 9.24. The summed E-state index contributed by atoms with van der Waals surface area (Å²) in [5, 5.41) is 0. The number of ether oxygens (including phenoxy) is 2. The largest absolute Gasteiger partial charge is 0.480 e. The van der Waals surface area contributed by atoms with Crippen molar-refractivity contribution in [2.24, 2.45) is 0 Å². The van der Waals surface area contributed by atoms with Crippen molar-refractivity contribution in [2.45, 2.75) is 0 Å². The molecule has 70 valence electrons. The van der Waals surface area contributed by atoms with Crippen LogP contribution in [0.4, 0.5) is 5.95 Å². The fourth-order valence-electron chi connectivity index (χ4n) is 0.785. The van der Waals surface area contributed by atoms with E-state index in [1.807, 2.05) is 0 Å². The van der Waals surface area contributed by atoms with E-state index in [2.05, 4.69) is 14.7 Å². The van der Waals surface area contributed by atoms with Gasteiger partial charge in [-0.2, -0.15) is 4.98 Å². The van der Waals surface area contributed by atoms with Crippen molar-refractivity contribution in [3.05, 3.63) is 11.8 Å². The predicted octanol–water partition coefficient (Wildman–Crippen LogP) is -0.146. The summed E-state index contributed by atoms with van der Waals surface area (Å²) >= 11 is 0. The normalized spacial score (nSPS) is 9.38. The second-order valence-electron chi connectivity index (χ2n) is 2.14. The summed E-state index contributed by atoms with van der Waals surface area (Å²) in [6, 6.07) is 0. The molecule has 0 aliphatic rings. The highest BCUT2D eigenvalue weighted by Crippen LogP contribution is 2.15. The van der Waals surface area contributed by atoms with Crippen LogP contribution in [-0.4, -0.2) is 30.2 Å². The minimum Gasteiger partial charge on any atom is -0.480 e. The highest BCUT2D eigenvalue weighted by atomic mass is 16.5. The van der Waals surface area contributed by atoms with Crippen LogP contribution in [0.15, 0.2) is 6.20 Å². The zero-order valence-corrected chi connectivity index (χ0v) is 7.27. The molecule has 0 spiro atoms. The van der Waals surface area contributed by atoms with Gasteiger partial charge in [-0.3, -0.25) is 0 Å². The molecule has 0 unspecified atom stereocenters. The third-order valence-corrected chi connectivity index (χ3v) is 1.37. The monoisotopic (exact) mass is 183 g/mol. The SMILES string of the molecule is COC(=O)c1cnc(N)nc1OC. The molecule has 6 heteroatoms. The number of nitrogens with zero attached hydrogens (tertiary/aromatic N) is 2. The number of rotatable bonds is 2. The van der Waals surface area contributed by atoms with E-state index in [9.17, 15) is 4.79 Å². The first-order valence-electron chi connectivity index (χ1n) is 3.44. The molecular weight excluding hydrogens is 174 g/mol. The minimum absolute atomic E-state index is 0.0458. The topological polar surface area (TPSA) is 87.3 Å². The van der Waals surface area contributed by atoms with Gasteiger partial charge in [0.05, 0.1) is 20.4 Å². The Morgan fingerprint density at radius 2 is 2.23 bits per heavy atom. The molecule has 6 nitrogen and oxygen atoms in total. The predicted molar refractivity (Wildman–Crippen MR) is 44.3 cm³/mol. The van der Waals surface area contributed by atoms with Gasteiger partial charge in [-0.25, -0.2) is 9.78 Å². The van der Waals surface area contributed by atoms with E-state index in [1.54, 1.807) is 0 Å². The molecule has 0 fully saturated rings. The van der Waals surface area contributed by atoms with Gasteiger partial charge in [0.1, 0.15) is 5.56 Å². The summed E-state index contributed by atoms with van der Waals surface area (Å²) in [7, 11) is 2.65. The number of carbonyl (C=O) groups excluding carboxylic acids is 1. The second kappa shape index (κ2) is 3.70. The Morgan fingerprint density at radius 3 is 2.77 bits per heavy atom. The van der Waals surface area contributed by atoms with Gasteiger partial charge in [0.15, 0.2) is 0 Å². The van der Waals surface area contributed by atoms with Crippen molar-refractivity contribution < 1.29 is 14.3 Å². The maximum Gasteiger partial charge on any atom is 0.344 e. The number of hydrogen-bond donors (Lipinski definition) is 1. The van der Waals surface area contributed by atoms with Crippen LogP contribution in [0.5, 0.6) is 5.88 Å². The lowest BCUT2D eigenvalue weighted by Crippen LogP contribution is -2.08. The second-order valence-corrected chi connectivity index (χ2v) is 2.14. The first-order valence-corrected chi connectivity index (χ1v) is 3.44. The van der Waals surface area contributed by atoms with Crippen molar-refractivity contribution in [3.8, 4) is 5.88 Å². The highest BCUT2D eigenvalue weighted by molar-refractivity contribution is 5.91. The average Bonchev–Trinajstić information content (AvgIpc) is 2.16. The molecule has 1 heterocycles. The van der Waals surface area contributed by atoms with E-state index in [1.165, 1.54) is 20.4 Å². The number of aromatic nitrogens is 2. The van der Waals surface area contributed by atoms with E-state index in [-0.39, 0.29) is 17.4 Å². The number of methoxy groups -OCH3 is 2. The Labute approximate surface area is 74.7 Å². The first-order chi connectivity index (χ1) is 6.19. The van der Waals surface area contributed by atoms with Gasteiger partial charge in [0.2, 0.25) is 11.8 Å². The van der Waals surface area contributed by atoms with Gasteiger partial charge in [-0.1, -0.05) is 0 Å². The molecule has 1 aromatic heterocycles. The van der Waals surface area contributed by atoms with Crippen LogP contribution in [0.2, 0.25) is 0 Å². The van der Waals surface area contributed by atoms with Gasteiger partial charge in [-0.05, 0) is 0 Å². The molecule has 1 rings (SSSR count). The van der Waals surface area contributed by atoms with E-state index < -0.39 is 5.97 Å². The molecule has 0 saturated heterocycles. The molecule has 0 bridgehead atoms. The number of nitrogen functional groups attached to an aromatic ring is 1. The Hall–Kier alpha value is -1.85. The maximum atomic E-state index is 11.1. The number of hydrogen-bond acceptors (Lipinski definition) is 6. The van der Waals surface area contributed by atoms with E-state index >= 15 is 0 Å². The summed E-state index contributed by atoms with van der Waals surface area (Å²) < 4.78 is 9.30. The van der Waals surface area contributed by atoms with Crippen LogP contribution in [0.3, 0.4) is 0 Å². The van der Waals surface area contributed by atoms with Crippen LogP contribution in [0.1, 0.15) is 10.4 Å².